The third kappa shape index (κ3) is 3.16. The van der Waals surface area contributed by atoms with Gasteiger partial charge in [-0.15, -0.1) is 11.6 Å². The Labute approximate surface area is 157 Å². The second kappa shape index (κ2) is 6.90. The van der Waals surface area contributed by atoms with Crippen LogP contribution in [0.25, 0.3) is 0 Å². The molecule has 1 atom stereocenters. The molecule has 3 rings (SSSR count). The summed E-state index contributed by atoms with van der Waals surface area (Å²) < 4.78 is 6.13. The lowest BCUT2D eigenvalue weighted by Gasteiger charge is -2.13. The molecule has 0 saturated carbocycles. The summed E-state index contributed by atoms with van der Waals surface area (Å²) in [5, 5.41) is -1.11. The van der Waals surface area contributed by atoms with Gasteiger partial charge in [-0.05, 0) is 59.0 Å². The van der Waals surface area contributed by atoms with Crippen LogP contribution in [0.5, 0.6) is 5.75 Å². The van der Waals surface area contributed by atoms with Crippen LogP contribution < -0.4 is 9.64 Å². The molecule has 2 aromatic rings. The van der Waals surface area contributed by atoms with Gasteiger partial charge in [0.25, 0.3) is 11.8 Å². The van der Waals surface area contributed by atoms with E-state index >= 15 is 0 Å². The summed E-state index contributed by atoms with van der Waals surface area (Å²) >= 11 is 8.30. The maximum Gasteiger partial charge on any atom is 0.281 e. The lowest BCUT2D eigenvalue weighted by atomic mass is 10.2. The van der Waals surface area contributed by atoms with Crippen LogP contribution in [-0.2, 0) is 9.59 Å². The molecule has 5 nitrogen and oxygen atoms in total. The predicted octanol–water partition coefficient (Wildman–Crippen LogP) is 3.55. The molecule has 2 amide bonds. The lowest BCUT2D eigenvalue weighted by Crippen LogP contribution is -2.31. The number of ether oxygens (including phenoxy) is 1. The van der Waals surface area contributed by atoms with Crippen LogP contribution >= 0.6 is 34.2 Å². The third-order valence-corrected chi connectivity index (χ3v) is 4.60. The van der Waals surface area contributed by atoms with Gasteiger partial charge in [0.1, 0.15) is 11.5 Å². The van der Waals surface area contributed by atoms with E-state index in [1.165, 1.54) is 0 Å². The van der Waals surface area contributed by atoms with E-state index in [0.717, 1.165) is 8.47 Å². The van der Waals surface area contributed by atoms with Crippen LogP contribution in [0.4, 0.5) is 11.4 Å². The van der Waals surface area contributed by atoms with Crippen LogP contribution in [0.3, 0.4) is 0 Å². The number of amides is 2. The second-order valence-electron chi connectivity index (χ2n) is 5.02. The van der Waals surface area contributed by atoms with Crippen molar-refractivity contribution >= 4 is 63.1 Å². The van der Waals surface area contributed by atoms with Crippen LogP contribution in [0.1, 0.15) is 0 Å². The molecule has 0 spiro atoms. The molecule has 1 saturated heterocycles. The van der Waals surface area contributed by atoms with Gasteiger partial charge in [0, 0.05) is 9.64 Å². The Morgan fingerprint density at radius 2 is 1.88 bits per heavy atom. The summed E-state index contributed by atoms with van der Waals surface area (Å²) in [4.78, 5) is 30.3. The Balaban J connectivity index is 1.98. The quantitative estimate of drug-likeness (QED) is 0.405. The van der Waals surface area contributed by atoms with Crippen LogP contribution in [-0.4, -0.2) is 30.0 Å². The van der Waals surface area contributed by atoms with E-state index in [-0.39, 0.29) is 5.71 Å². The maximum atomic E-state index is 12.6. The number of benzene rings is 2. The van der Waals surface area contributed by atoms with Crippen molar-refractivity contribution in [3.05, 3.63) is 52.1 Å². The highest BCUT2D eigenvalue weighted by molar-refractivity contribution is 14.1. The molecule has 0 aromatic heterocycles. The molecular weight excluding hydrogens is 443 g/mol. The fraction of sp³-hybridized carbons (Fsp3) is 0.118. The van der Waals surface area contributed by atoms with Crippen molar-refractivity contribution in [1.82, 2.24) is 0 Å². The smallest absolute Gasteiger partial charge is 0.281 e. The molecule has 0 N–H and O–H groups in total. The van der Waals surface area contributed by atoms with Gasteiger partial charge in [-0.3, -0.25) is 9.59 Å². The normalized spacial score (nSPS) is 19.2. The molecule has 1 aliphatic heterocycles. The van der Waals surface area contributed by atoms with E-state index < -0.39 is 17.2 Å². The van der Waals surface area contributed by atoms with Gasteiger partial charge >= 0.3 is 0 Å². The van der Waals surface area contributed by atoms with E-state index in [9.17, 15) is 9.59 Å². The Morgan fingerprint density at radius 3 is 2.54 bits per heavy atom. The van der Waals surface area contributed by atoms with Gasteiger partial charge in [-0.25, -0.2) is 9.89 Å². The summed E-state index contributed by atoms with van der Waals surface area (Å²) in [6.07, 6.45) is 0. The summed E-state index contributed by atoms with van der Waals surface area (Å²) in [6.45, 7) is 0. The molecule has 1 aliphatic rings. The van der Waals surface area contributed by atoms with Gasteiger partial charge in [0.05, 0.1) is 18.5 Å². The monoisotopic (exact) mass is 454 g/mol. The molecule has 0 aliphatic carbocycles. The van der Waals surface area contributed by atoms with Crippen molar-refractivity contribution < 1.29 is 14.3 Å². The molecule has 122 valence electrons. The summed E-state index contributed by atoms with van der Waals surface area (Å²) in [7, 11) is 1.54. The van der Waals surface area contributed by atoms with Crippen LogP contribution in [0.15, 0.2) is 53.5 Å². The number of hydrogen-bond acceptors (Lipinski definition) is 4. The Hall–Kier alpha value is -1.93. The maximum absolute atomic E-state index is 12.6. The van der Waals surface area contributed by atoms with Gasteiger partial charge in [0.15, 0.2) is 5.38 Å². The van der Waals surface area contributed by atoms with Gasteiger partial charge < -0.3 is 4.74 Å². The van der Waals surface area contributed by atoms with Crippen molar-refractivity contribution in [1.29, 1.82) is 0 Å². The topological polar surface area (TPSA) is 59.0 Å². The van der Waals surface area contributed by atoms with E-state index in [1.807, 2.05) is 12.1 Å². The van der Waals surface area contributed by atoms with Crippen molar-refractivity contribution in [3.8, 4) is 5.75 Å². The molecule has 7 heteroatoms. The van der Waals surface area contributed by atoms with Crippen molar-refractivity contribution in [2.45, 2.75) is 5.38 Å². The highest BCUT2D eigenvalue weighted by Crippen LogP contribution is 2.28. The Kier molecular flexibility index (Phi) is 4.86. The molecule has 1 fully saturated rings. The highest BCUT2D eigenvalue weighted by atomic mass is 127. The first-order valence-electron chi connectivity index (χ1n) is 7.02. The van der Waals surface area contributed by atoms with Gasteiger partial charge in [0.2, 0.25) is 0 Å². The minimum Gasteiger partial charge on any atom is -0.497 e. The SMILES string of the molecule is COc1cccc(N=C2C(=O)N(c3ccc(I)cc3)C(=O)C2Cl)c1. The Morgan fingerprint density at radius 1 is 1.17 bits per heavy atom. The first-order chi connectivity index (χ1) is 11.5. The Bertz CT molecular complexity index is 836. The number of methoxy groups -OCH3 is 1. The third-order valence-electron chi connectivity index (χ3n) is 3.49. The second-order valence-corrected chi connectivity index (χ2v) is 6.70. The largest absolute Gasteiger partial charge is 0.497 e. The fourth-order valence-corrected chi connectivity index (χ4v) is 2.91. The molecule has 1 unspecified atom stereocenters. The average Bonchev–Trinajstić information content (AvgIpc) is 2.80. The molecule has 2 aromatic carbocycles. The molecular formula is C17H12ClIN2O3. The number of hydrogen-bond donors (Lipinski definition) is 0. The number of nitrogens with zero attached hydrogens (tertiary/aromatic N) is 2. The first-order valence-corrected chi connectivity index (χ1v) is 8.53. The van der Waals surface area contributed by atoms with Crippen molar-refractivity contribution in [3.63, 3.8) is 0 Å². The number of alkyl halides is 1. The summed E-state index contributed by atoms with van der Waals surface area (Å²) in [5.74, 6) is -0.400. The van der Waals surface area contributed by atoms with Crippen molar-refractivity contribution in [2.75, 3.05) is 12.0 Å². The lowest BCUT2D eigenvalue weighted by molar-refractivity contribution is -0.120. The van der Waals surface area contributed by atoms with Crippen LogP contribution in [0.2, 0.25) is 0 Å². The number of halogens is 2. The zero-order valence-electron chi connectivity index (χ0n) is 12.6. The molecule has 0 radical (unpaired) electrons. The van der Waals surface area contributed by atoms with E-state index in [1.54, 1.807) is 43.5 Å². The first kappa shape index (κ1) is 16.9. The molecule has 1 heterocycles. The number of rotatable bonds is 3. The minimum atomic E-state index is -1.11. The zero-order chi connectivity index (χ0) is 17.3. The number of carbonyl (C=O) groups is 2. The van der Waals surface area contributed by atoms with E-state index in [2.05, 4.69) is 27.6 Å². The number of imide groups is 1. The molecule has 0 bridgehead atoms. The minimum absolute atomic E-state index is 0.00784. The predicted molar refractivity (Wildman–Crippen MR) is 101 cm³/mol. The van der Waals surface area contributed by atoms with Gasteiger partial charge in [-0.1, -0.05) is 6.07 Å². The van der Waals surface area contributed by atoms with Crippen LogP contribution in [0, 0.1) is 3.57 Å². The summed E-state index contributed by atoms with van der Waals surface area (Å²) in [6, 6.07) is 13.9. The summed E-state index contributed by atoms with van der Waals surface area (Å²) in [5.41, 5.74) is 0.987. The van der Waals surface area contributed by atoms with E-state index in [0.29, 0.717) is 17.1 Å². The van der Waals surface area contributed by atoms with E-state index in [4.69, 9.17) is 16.3 Å². The fourth-order valence-electron chi connectivity index (χ4n) is 2.31. The number of anilines is 1. The number of aliphatic imine (C=N–C) groups is 1. The highest BCUT2D eigenvalue weighted by Gasteiger charge is 2.44. The standard InChI is InChI=1S/C17H12ClIN2O3/c1-24-13-4-2-3-11(9-13)20-15-14(18)16(22)21(17(15)23)12-7-5-10(19)6-8-12/h2-9,14H,1H3. The average molecular weight is 455 g/mol. The van der Waals surface area contributed by atoms with Crippen molar-refractivity contribution in [2.24, 2.45) is 4.99 Å². The molecule has 24 heavy (non-hydrogen) atoms. The number of carbonyl (C=O) groups excluding carboxylic acids is 2. The zero-order valence-corrected chi connectivity index (χ0v) is 15.5. The van der Waals surface area contributed by atoms with Gasteiger partial charge in [-0.2, -0.15) is 0 Å².